The van der Waals surface area contributed by atoms with E-state index in [0.717, 1.165) is 11.0 Å². The van der Waals surface area contributed by atoms with Crippen LogP contribution in [0.25, 0.3) is 0 Å². The Morgan fingerprint density at radius 2 is 1.75 bits per heavy atom. The van der Waals surface area contributed by atoms with E-state index in [1.165, 1.54) is 18.2 Å². The molecular formula is C19H21F3N2O4. The molecule has 0 N–H and O–H groups in total. The maximum atomic E-state index is 13.3. The molecule has 3 heterocycles. The van der Waals surface area contributed by atoms with E-state index in [0.29, 0.717) is 39.1 Å². The molecule has 1 unspecified atom stereocenters. The first-order chi connectivity index (χ1) is 13.3. The maximum absolute atomic E-state index is 13.3. The van der Waals surface area contributed by atoms with E-state index in [9.17, 15) is 22.8 Å². The van der Waals surface area contributed by atoms with Crippen LogP contribution in [-0.2, 0) is 25.2 Å². The molecule has 0 saturated carbocycles. The monoisotopic (exact) mass is 398 g/mol. The Balaban J connectivity index is 1.45. The van der Waals surface area contributed by atoms with Crippen LogP contribution in [0.2, 0.25) is 0 Å². The molecule has 1 spiro atoms. The number of carbonyl (C=O) groups is 2. The van der Waals surface area contributed by atoms with E-state index in [1.807, 2.05) is 0 Å². The number of likely N-dealkylation sites (tertiary alicyclic amines) is 1. The molecule has 28 heavy (non-hydrogen) atoms. The molecule has 0 aliphatic carbocycles. The van der Waals surface area contributed by atoms with Crippen LogP contribution in [0.3, 0.4) is 0 Å². The molecule has 1 aromatic rings. The van der Waals surface area contributed by atoms with Crippen LogP contribution in [0, 0.1) is 5.92 Å². The first-order valence-corrected chi connectivity index (χ1v) is 9.32. The van der Waals surface area contributed by atoms with Crippen molar-refractivity contribution < 1.29 is 32.2 Å². The van der Waals surface area contributed by atoms with Crippen LogP contribution >= 0.6 is 0 Å². The number of rotatable bonds is 2. The van der Waals surface area contributed by atoms with E-state index < -0.39 is 29.4 Å². The third-order valence-electron chi connectivity index (χ3n) is 5.62. The zero-order valence-electron chi connectivity index (χ0n) is 15.2. The summed E-state index contributed by atoms with van der Waals surface area (Å²) in [7, 11) is 0. The molecule has 152 valence electrons. The van der Waals surface area contributed by atoms with Crippen LogP contribution in [0.5, 0.6) is 0 Å². The highest BCUT2D eigenvalue weighted by Gasteiger charge is 2.45. The average molecular weight is 398 g/mol. The molecule has 3 aliphatic rings. The van der Waals surface area contributed by atoms with Gasteiger partial charge in [0, 0.05) is 38.9 Å². The van der Waals surface area contributed by atoms with Crippen molar-refractivity contribution in [1.82, 2.24) is 4.90 Å². The molecule has 9 heteroatoms. The van der Waals surface area contributed by atoms with Gasteiger partial charge in [0.05, 0.1) is 30.4 Å². The molecule has 1 atom stereocenters. The van der Waals surface area contributed by atoms with E-state index >= 15 is 0 Å². The molecule has 0 bridgehead atoms. The predicted molar refractivity (Wildman–Crippen MR) is 92.4 cm³/mol. The van der Waals surface area contributed by atoms with Crippen molar-refractivity contribution in [3.05, 3.63) is 29.8 Å². The lowest BCUT2D eigenvalue weighted by Crippen LogP contribution is -2.49. The van der Waals surface area contributed by atoms with Crippen LogP contribution in [0.1, 0.15) is 24.8 Å². The first-order valence-electron chi connectivity index (χ1n) is 9.32. The molecule has 3 saturated heterocycles. The van der Waals surface area contributed by atoms with Crippen molar-refractivity contribution in [2.75, 3.05) is 37.7 Å². The standard InChI is InChI=1S/C19H21F3N2O4/c20-19(21,22)14-3-1-2-4-15(14)24-12-13(11-16(24)25)17(26)23-7-5-18(6-8-23)27-9-10-28-18/h1-4,13H,5-12H2. The van der Waals surface area contributed by atoms with Gasteiger partial charge in [0.25, 0.3) is 0 Å². The van der Waals surface area contributed by atoms with Gasteiger partial charge in [0.2, 0.25) is 11.8 Å². The summed E-state index contributed by atoms with van der Waals surface area (Å²) in [5.41, 5.74) is -1.06. The third kappa shape index (κ3) is 3.48. The minimum absolute atomic E-state index is 0.0423. The van der Waals surface area contributed by atoms with Gasteiger partial charge >= 0.3 is 6.18 Å². The Hall–Kier alpha value is -2.13. The van der Waals surface area contributed by atoms with Crippen molar-refractivity contribution >= 4 is 17.5 Å². The number of alkyl halides is 3. The summed E-state index contributed by atoms with van der Waals surface area (Å²) in [6.45, 7) is 1.93. The quantitative estimate of drug-likeness (QED) is 0.768. The summed E-state index contributed by atoms with van der Waals surface area (Å²) in [6, 6.07) is 4.96. The molecule has 1 aromatic carbocycles. The van der Waals surface area contributed by atoms with Gasteiger partial charge in [0.15, 0.2) is 5.79 Å². The summed E-state index contributed by atoms with van der Waals surface area (Å²) in [5.74, 6) is -1.92. The topological polar surface area (TPSA) is 59.1 Å². The Morgan fingerprint density at radius 3 is 2.39 bits per heavy atom. The van der Waals surface area contributed by atoms with Crippen molar-refractivity contribution in [2.24, 2.45) is 5.92 Å². The van der Waals surface area contributed by atoms with E-state index in [1.54, 1.807) is 4.90 Å². The molecule has 6 nitrogen and oxygen atoms in total. The second-order valence-electron chi connectivity index (χ2n) is 7.35. The summed E-state index contributed by atoms with van der Waals surface area (Å²) in [4.78, 5) is 28.0. The molecule has 3 fully saturated rings. The minimum atomic E-state index is -4.57. The number of para-hydroxylation sites is 1. The molecule has 0 aromatic heterocycles. The third-order valence-corrected chi connectivity index (χ3v) is 5.62. The van der Waals surface area contributed by atoms with Gasteiger partial charge in [-0.3, -0.25) is 9.59 Å². The van der Waals surface area contributed by atoms with Gasteiger partial charge in [-0.2, -0.15) is 13.2 Å². The summed E-state index contributed by atoms with van der Waals surface area (Å²) in [6.07, 6.45) is -3.54. The van der Waals surface area contributed by atoms with E-state index in [2.05, 4.69) is 0 Å². The lowest BCUT2D eigenvalue weighted by molar-refractivity contribution is -0.188. The Bertz CT molecular complexity index is 767. The first kappa shape index (κ1) is 19.2. The normalized spacial score (nSPS) is 25.0. The molecule has 0 radical (unpaired) electrons. The zero-order valence-corrected chi connectivity index (χ0v) is 15.2. The molecule has 3 aliphatic heterocycles. The largest absolute Gasteiger partial charge is 0.418 e. The highest BCUT2D eigenvalue weighted by Crippen LogP contribution is 2.39. The van der Waals surface area contributed by atoms with Crippen molar-refractivity contribution in [1.29, 1.82) is 0 Å². The van der Waals surface area contributed by atoms with Crippen molar-refractivity contribution in [2.45, 2.75) is 31.2 Å². The van der Waals surface area contributed by atoms with E-state index in [-0.39, 0.29) is 24.6 Å². The smallest absolute Gasteiger partial charge is 0.347 e. The van der Waals surface area contributed by atoms with Gasteiger partial charge in [0.1, 0.15) is 0 Å². The Morgan fingerprint density at radius 1 is 1.11 bits per heavy atom. The van der Waals surface area contributed by atoms with Crippen molar-refractivity contribution in [3.63, 3.8) is 0 Å². The summed E-state index contributed by atoms with van der Waals surface area (Å²) < 4.78 is 51.1. The minimum Gasteiger partial charge on any atom is -0.347 e. The highest BCUT2D eigenvalue weighted by atomic mass is 19.4. The second kappa shape index (κ2) is 7.04. The number of hydrogen-bond acceptors (Lipinski definition) is 4. The number of hydrogen-bond donors (Lipinski definition) is 0. The Kier molecular flexibility index (Phi) is 4.83. The molecular weight excluding hydrogens is 377 g/mol. The van der Waals surface area contributed by atoms with E-state index in [4.69, 9.17) is 9.47 Å². The van der Waals surface area contributed by atoms with Crippen LogP contribution in [0.4, 0.5) is 18.9 Å². The fourth-order valence-corrected chi connectivity index (χ4v) is 4.17. The number of amides is 2. The maximum Gasteiger partial charge on any atom is 0.418 e. The number of halogens is 3. The van der Waals surface area contributed by atoms with Gasteiger partial charge in [-0.1, -0.05) is 12.1 Å². The predicted octanol–water partition coefficient (Wildman–Crippen LogP) is 2.42. The highest BCUT2D eigenvalue weighted by molar-refractivity contribution is 6.00. The average Bonchev–Trinajstić information content (AvgIpc) is 3.28. The lowest BCUT2D eigenvalue weighted by atomic mass is 10.0. The SMILES string of the molecule is O=C(C1CC(=O)N(c2ccccc2C(F)(F)F)C1)N1CCC2(CC1)OCCO2. The van der Waals surface area contributed by atoms with Gasteiger partial charge in [-0.05, 0) is 12.1 Å². The number of nitrogens with zero attached hydrogens (tertiary/aromatic N) is 2. The summed E-state index contributed by atoms with van der Waals surface area (Å²) >= 11 is 0. The fourth-order valence-electron chi connectivity index (χ4n) is 4.17. The zero-order chi connectivity index (χ0) is 19.9. The number of piperidine rings is 1. The fraction of sp³-hybridized carbons (Fsp3) is 0.579. The van der Waals surface area contributed by atoms with Crippen LogP contribution < -0.4 is 4.90 Å². The molecule has 2 amide bonds. The van der Waals surface area contributed by atoms with Gasteiger partial charge < -0.3 is 19.3 Å². The van der Waals surface area contributed by atoms with Crippen LogP contribution in [-0.4, -0.2) is 55.3 Å². The lowest BCUT2D eigenvalue weighted by Gasteiger charge is -2.38. The number of carbonyl (C=O) groups excluding carboxylic acids is 2. The Labute approximate surface area is 160 Å². The van der Waals surface area contributed by atoms with Gasteiger partial charge in [-0.15, -0.1) is 0 Å². The second-order valence-corrected chi connectivity index (χ2v) is 7.35. The summed E-state index contributed by atoms with van der Waals surface area (Å²) in [5, 5.41) is 0. The number of anilines is 1. The number of benzene rings is 1. The van der Waals surface area contributed by atoms with Crippen LogP contribution in [0.15, 0.2) is 24.3 Å². The van der Waals surface area contributed by atoms with Crippen molar-refractivity contribution in [3.8, 4) is 0 Å². The molecule has 4 rings (SSSR count). The number of ether oxygens (including phenoxy) is 2. The van der Waals surface area contributed by atoms with Gasteiger partial charge in [-0.25, -0.2) is 0 Å².